The normalized spacial score (nSPS) is 12.6. The van der Waals surface area contributed by atoms with E-state index in [1.807, 2.05) is 0 Å². The van der Waals surface area contributed by atoms with Crippen LogP contribution < -0.4 is 0 Å². The lowest BCUT2D eigenvalue weighted by Crippen LogP contribution is -1.96. The molecule has 2 aliphatic rings. The first-order valence-electron chi connectivity index (χ1n) is 17.9. The van der Waals surface area contributed by atoms with E-state index in [4.69, 9.17) is 196 Å². The van der Waals surface area contributed by atoms with Crippen molar-refractivity contribution in [2.45, 2.75) is 0 Å². The van der Waals surface area contributed by atoms with Gasteiger partial charge in [-0.1, -0.05) is 187 Å². The van der Waals surface area contributed by atoms with Crippen LogP contribution in [-0.4, -0.2) is 18.1 Å². The van der Waals surface area contributed by atoms with E-state index in [-0.39, 0.29) is 160 Å². The molecule has 0 fully saturated rings. The fourth-order valence-electron chi connectivity index (χ4n) is 7.59. The van der Waals surface area contributed by atoms with E-state index in [0.717, 1.165) is 0 Å². The highest BCUT2D eigenvalue weighted by molar-refractivity contribution is 6.67. The molecule has 0 spiro atoms. The molecule has 0 radical (unpaired) electrons. The van der Waals surface area contributed by atoms with Crippen molar-refractivity contribution < 1.29 is 0 Å². The van der Waals surface area contributed by atoms with Gasteiger partial charge in [-0.15, -0.1) is 0 Å². The Morgan fingerprint density at radius 2 is 0.531 bits per heavy atom. The van der Waals surface area contributed by atoms with E-state index < -0.39 is 0 Å². The molecule has 0 saturated heterocycles. The molecule has 7 aromatic rings. The van der Waals surface area contributed by atoms with E-state index in [1.54, 1.807) is 84.9 Å². The van der Waals surface area contributed by atoms with Gasteiger partial charge >= 0.3 is 0 Å². The van der Waals surface area contributed by atoms with Gasteiger partial charge in [0.1, 0.15) is 0 Å². The van der Waals surface area contributed by atoms with Gasteiger partial charge in [0.15, 0.2) is 0 Å². The van der Waals surface area contributed by atoms with Crippen molar-refractivity contribution in [1.82, 2.24) is 18.1 Å². The molecule has 0 atom stereocenters. The zero-order chi connectivity index (χ0) is 45.8. The van der Waals surface area contributed by atoms with Gasteiger partial charge in [-0.2, -0.15) is 0 Å². The number of nitrogens with zero attached hydrogens (tertiary/aromatic N) is 4. The van der Waals surface area contributed by atoms with Crippen LogP contribution in [0.1, 0.15) is 22.8 Å². The number of fused-ring (bicyclic) bond motifs is 8. The van der Waals surface area contributed by atoms with Crippen molar-refractivity contribution in [2.75, 3.05) is 0 Å². The summed E-state index contributed by atoms with van der Waals surface area (Å²) in [6, 6.07) is 19.6. The smallest absolute Gasteiger partial charge is 0.0941 e. The SMILES string of the molecule is ClC1=C(Cl)c2nc1c(-c1c(Cl)cccc1Cl)c1c(Cl)c(Cl)c(c(-c3c(Cl)cccc3Cl)c3nc(c(-c4c(Cl)cccc4Cl)c4c(Cl)c(Cl)c(c2-c2c(Cl)cccc2Cl)n4Cl)C=C3)n1Cl. The molecule has 8 bridgehead atoms. The summed E-state index contributed by atoms with van der Waals surface area (Å²) >= 11 is 115. The average molecular weight is 1170 g/mol. The summed E-state index contributed by atoms with van der Waals surface area (Å²) in [5.74, 6) is 0. The van der Waals surface area contributed by atoms with Crippen LogP contribution >= 0.6 is 186 Å². The van der Waals surface area contributed by atoms with E-state index in [0.29, 0.717) is 0 Å². The summed E-state index contributed by atoms with van der Waals surface area (Å²) in [6.07, 6.45) is 3.35. The zero-order valence-electron chi connectivity index (χ0n) is 30.9. The Hall–Kier alpha value is -1.88. The van der Waals surface area contributed by atoms with Crippen molar-refractivity contribution in [3.05, 3.63) is 156 Å². The Balaban J connectivity index is 1.71. The second-order valence-electron chi connectivity index (χ2n) is 13.8. The van der Waals surface area contributed by atoms with E-state index >= 15 is 0 Å². The Bertz CT molecular complexity index is 3180. The number of hydrogen-bond acceptors (Lipinski definition) is 2. The molecule has 0 unspecified atom stereocenters. The topological polar surface area (TPSA) is 35.6 Å². The minimum absolute atomic E-state index is 0.0229. The molecule has 322 valence electrons. The first-order valence-corrected chi connectivity index (χ1v) is 23.9. The Kier molecular flexibility index (Phi) is 13.4. The minimum atomic E-state index is -0.121. The quantitative estimate of drug-likeness (QED) is 0.176. The fraction of sp³-hybridized carbons (Fsp3) is 0. The lowest BCUT2D eigenvalue weighted by atomic mass is 10.0. The third kappa shape index (κ3) is 7.52. The predicted octanol–water partition coefficient (Wildman–Crippen LogP) is 21.2. The van der Waals surface area contributed by atoms with Gasteiger partial charge in [-0.3, -0.25) is 0 Å². The molecule has 0 aliphatic carbocycles. The van der Waals surface area contributed by atoms with E-state index in [9.17, 15) is 0 Å². The fourth-order valence-corrected chi connectivity index (χ4v) is 12.3. The molecule has 4 aromatic carbocycles. The van der Waals surface area contributed by atoms with Crippen LogP contribution in [0.5, 0.6) is 0 Å². The van der Waals surface area contributed by atoms with Gasteiger partial charge in [-0.05, 0) is 60.7 Å². The molecule has 0 saturated carbocycles. The van der Waals surface area contributed by atoms with Gasteiger partial charge in [-0.25, -0.2) is 18.1 Å². The van der Waals surface area contributed by atoms with Crippen LogP contribution in [0.4, 0.5) is 0 Å². The predicted molar refractivity (Wildman–Crippen MR) is 280 cm³/mol. The second kappa shape index (κ2) is 18.2. The van der Waals surface area contributed by atoms with Crippen LogP contribution in [0.25, 0.3) is 88.8 Å². The van der Waals surface area contributed by atoms with E-state index in [1.165, 1.54) is 8.17 Å². The molecular formula is C44H14Cl16N4. The Morgan fingerprint density at radius 3 is 0.797 bits per heavy atom. The van der Waals surface area contributed by atoms with Crippen molar-refractivity contribution in [3.63, 3.8) is 0 Å². The molecule has 4 nitrogen and oxygen atoms in total. The zero-order valence-corrected chi connectivity index (χ0v) is 43.0. The molecule has 0 N–H and O–H groups in total. The summed E-state index contributed by atoms with van der Waals surface area (Å²) in [7, 11) is 0. The van der Waals surface area contributed by atoms with Gasteiger partial charge < -0.3 is 0 Å². The highest BCUT2D eigenvalue weighted by atomic mass is 35.5. The molecule has 20 heteroatoms. The van der Waals surface area contributed by atoms with Crippen LogP contribution in [0.3, 0.4) is 0 Å². The number of benzene rings is 4. The minimum Gasteiger partial charge on any atom is -0.249 e. The molecule has 2 aliphatic heterocycles. The van der Waals surface area contributed by atoms with Gasteiger partial charge in [0, 0.05) is 68.1 Å². The number of aromatic nitrogens is 4. The molecule has 5 heterocycles. The van der Waals surface area contributed by atoms with Crippen LogP contribution in [0.15, 0.2) is 72.8 Å². The van der Waals surface area contributed by atoms with Crippen molar-refractivity contribution in [1.29, 1.82) is 0 Å². The summed E-state index contributed by atoms with van der Waals surface area (Å²) in [5, 5.41) is 0.862. The molecule has 9 rings (SSSR count). The maximum absolute atomic E-state index is 7.54. The highest BCUT2D eigenvalue weighted by Crippen LogP contribution is 2.55. The third-order valence-corrected chi connectivity index (χ3v) is 16.0. The highest BCUT2D eigenvalue weighted by Gasteiger charge is 2.34. The first kappa shape index (κ1) is 47.2. The number of hydrogen-bond donors (Lipinski definition) is 0. The van der Waals surface area contributed by atoms with Gasteiger partial charge in [0.2, 0.25) is 0 Å². The molecule has 0 amide bonds. The van der Waals surface area contributed by atoms with Crippen LogP contribution in [0, 0.1) is 0 Å². The summed E-state index contributed by atoms with van der Waals surface area (Å²) in [4.78, 5) is 10.3. The van der Waals surface area contributed by atoms with Crippen LogP contribution in [-0.2, 0) is 0 Å². The molecule has 3 aromatic heterocycles. The summed E-state index contributed by atoms with van der Waals surface area (Å²) in [6.45, 7) is 0. The summed E-state index contributed by atoms with van der Waals surface area (Å²) < 4.78 is 2.39. The van der Waals surface area contributed by atoms with Crippen molar-refractivity contribution in [3.8, 4) is 44.5 Å². The lowest BCUT2D eigenvalue weighted by Gasteiger charge is -2.13. The Labute approximate surface area is 444 Å². The number of halogens is 16. The van der Waals surface area contributed by atoms with Gasteiger partial charge in [0.05, 0.1) is 115 Å². The first-order chi connectivity index (χ1) is 30.5. The van der Waals surface area contributed by atoms with E-state index in [2.05, 4.69) is 0 Å². The number of rotatable bonds is 4. The lowest BCUT2D eigenvalue weighted by molar-refractivity contribution is 1.28. The van der Waals surface area contributed by atoms with Crippen molar-refractivity contribution >= 4 is 230 Å². The molecular weight excluding hydrogens is 1150 g/mol. The van der Waals surface area contributed by atoms with Gasteiger partial charge in [0.25, 0.3) is 0 Å². The van der Waals surface area contributed by atoms with Crippen molar-refractivity contribution in [2.24, 2.45) is 0 Å². The molecule has 64 heavy (non-hydrogen) atoms. The second-order valence-corrected chi connectivity index (χ2v) is 20.0. The Morgan fingerprint density at radius 1 is 0.297 bits per heavy atom. The van der Waals surface area contributed by atoms with Crippen LogP contribution in [0.2, 0.25) is 60.3 Å². The summed E-state index contributed by atoms with van der Waals surface area (Å²) in [5.41, 5.74) is 2.24. The third-order valence-electron chi connectivity index (χ3n) is 10.3. The largest absolute Gasteiger partial charge is 0.249 e. The standard InChI is InChI=1S/C44H14Cl16N4/c45-15-5-1-6-16(46)25(15)29-23-13-14-24(61-23)30(26-17(47)7-2-8-18(26)48)42-36(56)38(58)44(64(42)60)32(28-21(51)11-4-12-22(28)52)40-34(54)33(53)39(62-40)31(27-19(49)9-3-10-20(27)50)43-37(57)35(55)41(29)63(43)59/h1-14H. The maximum Gasteiger partial charge on any atom is 0.0941 e. The average Bonchev–Trinajstić information content (AvgIpc) is 3.94. The maximum atomic E-state index is 7.54. The monoisotopic (exact) mass is 1160 g/mol.